The minimum Gasteiger partial charge on any atom is -0.508 e. The number of fused-ring (bicyclic) bond motifs is 9. The predicted molar refractivity (Wildman–Crippen MR) is 111 cm³/mol. The van der Waals surface area contributed by atoms with Crippen LogP contribution < -0.4 is 0 Å². The number of hydrogen-bond acceptors (Lipinski definition) is 1. The molecule has 1 N–H and O–H groups in total. The van der Waals surface area contributed by atoms with Gasteiger partial charge in [-0.15, -0.1) is 0 Å². The van der Waals surface area contributed by atoms with Crippen molar-refractivity contribution >= 4 is 10.8 Å². The van der Waals surface area contributed by atoms with Gasteiger partial charge in [0.25, 0.3) is 0 Å². The van der Waals surface area contributed by atoms with Crippen LogP contribution in [0.4, 0.5) is 0 Å². The lowest BCUT2D eigenvalue weighted by Gasteiger charge is -2.29. The van der Waals surface area contributed by atoms with E-state index in [2.05, 4.69) is 54.6 Å². The maximum Gasteiger partial charge on any atom is 0.115 e. The summed E-state index contributed by atoms with van der Waals surface area (Å²) in [5.74, 6) is 0.368. The number of benzene rings is 4. The van der Waals surface area contributed by atoms with E-state index in [4.69, 9.17) is 0 Å². The Labute approximate surface area is 158 Å². The van der Waals surface area contributed by atoms with Gasteiger partial charge in [-0.05, 0) is 93.1 Å². The van der Waals surface area contributed by atoms with Crippen molar-refractivity contribution in [3.63, 3.8) is 0 Å². The number of phenolic OH excluding ortho intramolecular Hbond substituents is 1. The molecule has 6 rings (SSSR count). The van der Waals surface area contributed by atoms with E-state index in [9.17, 15) is 5.11 Å². The first-order valence-electron chi connectivity index (χ1n) is 9.77. The molecule has 0 radical (unpaired) electrons. The molecule has 0 saturated carbocycles. The van der Waals surface area contributed by atoms with Gasteiger partial charge in [0, 0.05) is 0 Å². The monoisotopic (exact) mass is 348 g/mol. The van der Waals surface area contributed by atoms with Crippen molar-refractivity contribution < 1.29 is 5.11 Å². The number of rotatable bonds is 0. The second-order valence-electron chi connectivity index (χ2n) is 7.80. The average molecular weight is 348 g/mol. The van der Waals surface area contributed by atoms with E-state index in [-0.39, 0.29) is 0 Å². The van der Waals surface area contributed by atoms with Crippen LogP contribution in [0.5, 0.6) is 5.75 Å². The Hall–Kier alpha value is -3.06. The van der Waals surface area contributed by atoms with Crippen molar-refractivity contribution in [2.24, 2.45) is 0 Å². The van der Waals surface area contributed by atoms with E-state index in [0.717, 1.165) is 25.7 Å². The van der Waals surface area contributed by atoms with E-state index < -0.39 is 0 Å². The smallest absolute Gasteiger partial charge is 0.115 e. The molecule has 0 fully saturated rings. The van der Waals surface area contributed by atoms with Crippen molar-refractivity contribution in [2.75, 3.05) is 0 Å². The maximum atomic E-state index is 9.97. The van der Waals surface area contributed by atoms with Crippen molar-refractivity contribution in [3.8, 4) is 28.0 Å². The molecule has 1 heteroatoms. The van der Waals surface area contributed by atoms with E-state index >= 15 is 0 Å². The summed E-state index contributed by atoms with van der Waals surface area (Å²) in [6.07, 6.45) is 4.24. The Morgan fingerprint density at radius 1 is 0.556 bits per heavy atom. The van der Waals surface area contributed by atoms with Crippen molar-refractivity contribution in [1.82, 2.24) is 0 Å². The predicted octanol–water partition coefficient (Wildman–Crippen LogP) is 6.08. The molecule has 0 aliphatic heterocycles. The number of phenols is 1. The Balaban J connectivity index is 1.76. The van der Waals surface area contributed by atoms with Crippen LogP contribution in [0.1, 0.15) is 22.3 Å². The van der Waals surface area contributed by atoms with Gasteiger partial charge in [-0.25, -0.2) is 0 Å². The minimum absolute atomic E-state index is 0.368. The summed E-state index contributed by atoms with van der Waals surface area (Å²) in [7, 11) is 0. The van der Waals surface area contributed by atoms with Crippen LogP contribution in [0.2, 0.25) is 0 Å². The molecule has 0 aromatic heterocycles. The molecule has 1 nitrogen and oxygen atoms in total. The van der Waals surface area contributed by atoms with E-state index in [1.165, 1.54) is 55.3 Å². The zero-order valence-electron chi connectivity index (χ0n) is 15.1. The number of hydrogen-bond donors (Lipinski definition) is 1. The van der Waals surface area contributed by atoms with Crippen LogP contribution in [0.3, 0.4) is 0 Å². The topological polar surface area (TPSA) is 20.2 Å². The second-order valence-corrected chi connectivity index (χ2v) is 7.80. The number of aromatic hydroxyl groups is 1. The van der Waals surface area contributed by atoms with Gasteiger partial charge in [0.1, 0.15) is 5.75 Å². The third-order valence-corrected chi connectivity index (χ3v) is 6.33. The zero-order valence-corrected chi connectivity index (χ0v) is 15.1. The van der Waals surface area contributed by atoms with Gasteiger partial charge < -0.3 is 5.11 Å². The van der Waals surface area contributed by atoms with Crippen molar-refractivity contribution in [1.29, 1.82) is 0 Å². The molecule has 0 saturated heterocycles. The summed E-state index contributed by atoms with van der Waals surface area (Å²) in [6.45, 7) is 0. The summed E-state index contributed by atoms with van der Waals surface area (Å²) in [4.78, 5) is 0. The first-order chi connectivity index (χ1) is 13.3. The molecule has 2 aliphatic carbocycles. The lowest BCUT2D eigenvalue weighted by Crippen LogP contribution is -2.11. The highest BCUT2D eigenvalue weighted by Gasteiger charge is 2.27. The van der Waals surface area contributed by atoms with Gasteiger partial charge in [0.05, 0.1) is 0 Å². The van der Waals surface area contributed by atoms with Crippen LogP contribution in [-0.2, 0) is 25.7 Å². The van der Waals surface area contributed by atoms with Gasteiger partial charge >= 0.3 is 0 Å². The van der Waals surface area contributed by atoms with Crippen molar-refractivity contribution in [2.45, 2.75) is 25.7 Å². The Bertz CT molecular complexity index is 1230. The molecule has 0 atom stereocenters. The quantitative estimate of drug-likeness (QED) is 0.408. The third kappa shape index (κ3) is 2.12. The molecule has 0 spiro atoms. The first kappa shape index (κ1) is 15.0. The zero-order chi connectivity index (χ0) is 18.0. The standard InChI is InChI=1S/C26H20O/c27-21-13-14-23-20(15-21)12-11-18-8-10-19-9-7-17-6-5-16-3-1-2-4-22(16)24(17)26(19)25(18)23/h1-6,8,10,13-15,27H,7,9,11-12H2. The van der Waals surface area contributed by atoms with E-state index in [1.54, 1.807) is 0 Å². The highest BCUT2D eigenvalue weighted by Crippen LogP contribution is 2.48. The highest BCUT2D eigenvalue weighted by atomic mass is 16.3. The van der Waals surface area contributed by atoms with Crippen LogP contribution in [0.15, 0.2) is 66.7 Å². The lowest BCUT2D eigenvalue weighted by molar-refractivity contribution is 0.474. The fraction of sp³-hybridized carbons (Fsp3) is 0.154. The summed E-state index contributed by atoms with van der Waals surface area (Å²) in [6, 6.07) is 23.9. The van der Waals surface area contributed by atoms with Crippen LogP contribution in [-0.4, -0.2) is 5.11 Å². The van der Waals surface area contributed by atoms with E-state index in [1.807, 2.05) is 12.1 Å². The molecule has 130 valence electrons. The largest absolute Gasteiger partial charge is 0.508 e. The lowest BCUT2D eigenvalue weighted by atomic mass is 9.74. The second kappa shape index (κ2) is 5.47. The molecule has 0 heterocycles. The molecule has 0 bridgehead atoms. The van der Waals surface area contributed by atoms with Crippen molar-refractivity contribution in [3.05, 3.63) is 89.0 Å². The molecule has 0 unspecified atom stereocenters. The van der Waals surface area contributed by atoms with E-state index in [0.29, 0.717) is 5.75 Å². The fourth-order valence-corrected chi connectivity index (χ4v) is 5.09. The SMILES string of the molecule is Oc1ccc2c(c1)CCc1ccc3c(c1-2)-c1c(ccc2ccccc12)CC3. The van der Waals surface area contributed by atoms with Gasteiger partial charge in [-0.3, -0.25) is 0 Å². The summed E-state index contributed by atoms with van der Waals surface area (Å²) in [5, 5.41) is 12.6. The Kier molecular flexibility index (Phi) is 3.05. The summed E-state index contributed by atoms with van der Waals surface area (Å²) in [5.41, 5.74) is 11.2. The summed E-state index contributed by atoms with van der Waals surface area (Å²) < 4.78 is 0. The van der Waals surface area contributed by atoms with Gasteiger partial charge in [-0.2, -0.15) is 0 Å². The molecule has 27 heavy (non-hydrogen) atoms. The third-order valence-electron chi connectivity index (χ3n) is 6.33. The minimum atomic E-state index is 0.368. The summed E-state index contributed by atoms with van der Waals surface area (Å²) >= 11 is 0. The van der Waals surface area contributed by atoms with Crippen LogP contribution in [0.25, 0.3) is 33.0 Å². The average Bonchev–Trinajstić information content (AvgIpc) is 2.72. The first-order valence-corrected chi connectivity index (χ1v) is 9.77. The highest BCUT2D eigenvalue weighted by molar-refractivity contribution is 6.04. The van der Waals surface area contributed by atoms with Gasteiger partial charge in [-0.1, -0.05) is 54.6 Å². The molecular weight excluding hydrogens is 328 g/mol. The molecule has 2 aliphatic rings. The van der Waals surface area contributed by atoms with Gasteiger partial charge in [0.2, 0.25) is 0 Å². The maximum absolute atomic E-state index is 9.97. The molecule has 4 aromatic rings. The Morgan fingerprint density at radius 2 is 1.22 bits per heavy atom. The normalized spacial score (nSPS) is 14.2. The van der Waals surface area contributed by atoms with Crippen LogP contribution >= 0.6 is 0 Å². The Morgan fingerprint density at radius 3 is 2.07 bits per heavy atom. The molecular formula is C26H20O. The fourth-order valence-electron chi connectivity index (χ4n) is 5.09. The van der Waals surface area contributed by atoms with Gasteiger partial charge in [0.15, 0.2) is 0 Å². The molecule has 0 amide bonds. The molecule has 4 aromatic carbocycles. The number of aryl methyl sites for hydroxylation is 4. The van der Waals surface area contributed by atoms with Crippen LogP contribution in [0, 0.1) is 0 Å².